The molecule has 10 heteroatoms. The van der Waals surface area contributed by atoms with Gasteiger partial charge in [-0.2, -0.15) is 0 Å². The Balaban J connectivity index is 1.48. The normalized spacial score (nSPS) is 12.5. The Morgan fingerprint density at radius 2 is 1.42 bits per heavy atom. The molecule has 2 amide bonds. The van der Waals surface area contributed by atoms with Crippen LogP contribution in [0.25, 0.3) is 0 Å². The number of nitrogens with zero attached hydrogens (tertiary/aromatic N) is 1. The van der Waals surface area contributed by atoms with Crippen LogP contribution in [-0.2, 0) is 22.2 Å². The predicted octanol–water partition coefficient (Wildman–Crippen LogP) is 3.79. The number of rotatable bonds is 13. The Labute approximate surface area is 252 Å². The number of amides is 2. The molecule has 0 heterocycles. The van der Waals surface area contributed by atoms with Crippen molar-refractivity contribution in [2.45, 2.75) is 24.3 Å². The minimum atomic E-state index is -3.72. The molecule has 9 nitrogen and oxygen atoms in total. The second-order valence-electron chi connectivity index (χ2n) is 10.0. The van der Waals surface area contributed by atoms with Crippen molar-refractivity contribution in [2.75, 3.05) is 25.0 Å². The fourth-order valence-corrected chi connectivity index (χ4v) is 5.74. The van der Waals surface area contributed by atoms with E-state index in [0.717, 1.165) is 9.87 Å². The minimum Gasteiger partial charge on any atom is -0.497 e. The fourth-order valence-electron chi connectivity index (χ4n) is 4.49. The van der Waals surface area contributed by atoms with Crippen molar-refractivity contribution in [3.05, 3.63) is 131 Å². The maximum absolute atomic E-state index is 13.4. The number of nitrogens with one attached hydrogen (secondary N) is 2. The molecule has 224 valence electrons. The van der Waals surface area contributed by atoms with Crippen LogP contribution in [0.3, 0.4) is 0 Å². The van der Waals surface area contributed by atoms with E-state index in [1.54, 1.807) is 66.7 Å². The van der Waals surface area contributed by atoms with Crippen molar-refractivity contribution in [1.29, 1.82) is 0 Å². The molecule has 0 aliphatic carbocycles. The summed E-state index contributed by atoms with van der Waals surface area (Å²) in [5.41, 5.74) is 2.46. The Kier molecular flexibility index (Phi) is 10.5. The lowest BCUT2D eigenvalue weighted by Crippen LogP contribution is -2.49. The van der Waals surface area contributed by atoms with Crippen molar-refractivity contribution >= 4 is 27.5 Å². The quantitative estimate of drug-likeness (QED) is 0.214. The zero-order valence-electron chi connectivity index (χ0n) is 24.0. The molecule has 0 saturated heterocycles. The summed E-state index contributed by atoms with van der Waals surface area (Å²) in [4.78, 5) is 26.1. The Morgan fingerprint density at radius 3 is 2.07 bits per heavy atom. The summed E-state index contributed by atoms with van der Waals surface area (Å²) < 4.78 is 32.5. The molecule has 0 spiro atoms. The number of benzene rings is 4. The van der Waals surface area contributed by atoms with E-state index >= 15 is 0 Å². The van der Waals surface area contributed by atoms with Gasteiger partial charge in [-0.05, 0) is 53.9 Å². The SMILES string of the molecule is COc1cccc(C(=O)NC[C@@H](O)[C@H](Cc2ccccc2)NC(=O)c2cccc(N(C)S(=O)(=O)Cc3ccccc3)c2)c1. The lowest BCUT2D eigenvalue weighted by molar-refractivity contribution is 0.0797. The minimum absolute atomic E-state index is 0.117. The van der Waals surface area contributed by atoms with Crippen LogP contribution in [0, 0.1) is 0 Å². The van der Waals surface area contributed by atoms with E-state index in [9.17, 15) is 23.1 Å². The molecule has 0 fully saturated rings. The second kappa shape index (κ2) is 14.5. The fraction of sp³-hybridized carbons (Fsp3) is 0.212. The van der Waals surface area contributed by atoms with E-state index < -0.39 is 34.0 Å². The van der Waals surface area contributed by atoms with Gasteiger partial charge in [0, 0.05) is 24.7 Å². The molecule has 2 atom stereocenters. The summed E-state index contributed by atoms with van der Waals surface area (Å²) >= 11 is 0. The van der Waals surface area contributed by atoms with Crippen LogP contribution in [0.15, 0.2) is 109 Å². The molecule has 43 heavy (non-hydrogen) atoms. The largest absolute Gasteiger partial charge is 0.497 e. The third-order valence-corrected chi connectivity index (χ3v) is 8.71. The highest BCUT2D eigenvalue weighted by Gasteiger charge is 2.25. The Hall–Kier alpha value is -4.67. The number of carbonyl (C=O) groups excluding carboxylic acids is 2. The topological polar surface area (TPSA) is 125 Å². The number of aliphatic hydroxyl groups is 1. The smallest absolute Gasteiger partial charge is 0.251 e. The first-order valence-corrected chi connectivity index (χ1v) is 15.3. The number of anilines is 1. The molecule has 0 aromatic heterocycles. The summed E-state index contributed by atoms with van der Waals surface area (Å²) in [6.45, 7) is -0.117. The van der Waals surface area contributed by atoms with Crippen molar-refractivity contribution in [1.82, 2.24) is 10.6 Å². The van der Waals surface area contributed by atoms with E-state index in [2.05, 4.69) is 10.6 Å². The van der Waals surface area contributed by atoms with E-state index in [4.69, 9.17) is 4.74 Å². The van der Waals surface area contributed by atoms with Crippen LogP contribution < -0.4 is 19.7 Å². The molecule has 3 N–H and O–H groups in total. The molecule has 0 unspecified atom stereocenters. The van der Waals surface area contributed by atoms with Gasteiger partial charge in [-0.1, -0.05) is 72.8 Å². The number of aliphatic hydroxyl groups excluding tert-OH is 1. The second-order valence-corrected chi connectivity index (χ2v) is 12.0. The summed E-state index contributed by atoms with van der Waals surface area (Å²) in [7, 11) is -0.760. The van der Waals surface area contributed by atoms with Gasteiger partial charge in [-0.3, -0.25) is 13.9 Å². The average molecular weight is 602 g/mol. The van der Waals surface area contributed by atoms with Crippen LogP contribution >= 0.6 is 0 Å². The zero-order valence-corrected chi connectivity index (χ0v) is 24.8. The van der Waals surface area contributed by atoms with Crippen LogP contribution in [0.2, 0.25) is 0 Å². The van der Waals surface area contributed by atoms with Gasteiger partial charge in [-0.25, -0.2) is 8.42 Å². The van der Waals surface area contributed by atoms with Gasteiger partial charge in [0.1, 0.15) is 5.75 Å². The number of methoxy groups -OCH3 is 1. The van der Waals surface area contributed by atoms with Crippen LogP contribution in [0.4, 0.5) is 5.69 Å². The highest BCUT2D eigenvalue weighted by atomic mass is 32.2. The maximum atomic E-state index is 13.4. The van der Waals surface area contributed by atoms with Gasteiger partial charge in [0.25, 0.3) is 11.8 Å². The van der Waals surface area contributed by atoms with E-state index in [1.165, 1.54) is 20.2 Å². The van der Waals surface area contributed by atoms with Crippen molar-refractivity contribution in [3.8, 4) is 5.75 Å². The molecule has 0 aliphatic heterocycles. The summed E-state index contributed by atoms with van der Waals surface area (Å²) in [6, 6.07) is 30.4. The van der Waals surface area contributed by atoms with Crippen molar-refractivity contribution in [2.24, 2.45) is 0 Å². The lowest BCUT2D eigenvalue weighted by Gasteiger charge is -2.25. The standard InChI is InChI=1S/C33H35N3O6S/c1-36(43(40,41)23-25-13-7-4-8-14-25)28-17-9-15-26(20-28)33(39)35-30(19-24-11-5-3-6-12-24)31(37)22-34-32(38)27-16-10-18-29(21-27)42-2/h3-18,20-21,30-31,37H,19,22-23H2,1-2H3,(H,34,38)(H,35,39)/t30-,31+/m0/s1. The highest BCUT2D eigenvalue weighted by Crippen LogP contribution is 2.21. The van der Waals surface area contributed by atoms with Crippen molar-refractivity contribution < 1.29 is 27.9 Å². The molecule has 0 bridgehead atoms. The molecule has 0 radical (unpaired) electrons. The highest BCUT2D eigenvalue weighted by molar-refractivity contribution is 7.92. The Morgan fingerprint density at radius 1 is 0.814 bits per heavy atom. The maximum Gasteiger partial charge on any atom is 0.251 e. The van der Waals surface area contributed by atoms with E-state index in [-0.39, 0.29) is 17.9 Å². The van der Waals surface area contributed by atoms with E-state index in [0.29, 0.717) is 29.0 Å². The van der Waals surface area contributed by atoms with Gasteiger partial charge in [0.05, 0.1) is 30.7 Å². The first-order valence-electron chi connectivity index (χ1n) is 13.7. The first kappa shape index (κ1) is 31.3. The molecule has 4 rings (SSSR count). The molecule has 4 aromatic rings. The number of carbonyl (C=O) groups is 2. The van der Waals surface area contributed by atoms with Crippen LogP contribution in [0.5, 0.6) is 5.75 Å². The average Bonchev–Trinajstić information content (AvgIpc) is 3.03. The monoisotopic (exact) mass is 601 g/mol. The number of ether oxygens (including phenoxy) is 1. The predicted molar refractivity (Wildman–Crippen MR) is 167 cm³/mol. The zero-order chi connectivity index (χ0) is 30.8. The summed E-state index contributed by atoms with van der Waals surface area (Å²) in [5, 5.41) is 16.7. The van der Waals surface area contributed by atoms with E-state index in [1.807, 2.05) is 36.4 Å². The number of sulfonamides is 1. The molecule has 0 aliphatic rings. The van der Waals surface area contributed by atoms with Crippen molar-refractivity contribution in [3.63, 3.8) is 0 Å². The third-order valence-electron chi connectivity index (χ3n) is 6.96. The van der Waals surface area contributed by atoms with Crippen LogP contribution in [0.1, 0.15) is 31.8 Å². The van der Waals surface area contributed by atoms with Gasteiger partial charge in [0.2, 0.25) is 10.0 Å². The van der Waals surface area contributed by atoms with Gasteiger partial charge < -0.3 is 20.5 Å². The Bertz CT molecular complexity index is 1630. The molecule has 4 aromatic carbocycles. The number of hydrogen-bond acceptors (Lipinski definition) is 6. The van der Waals surface area contributed by atoms with Gasteiger partial charge >= 0.3 is 0 Å². The lowest BCUT2D eigenvalue weighted by atomic mass is 10.00. The third kappa shape index (κ3) is 8.67. The number of hydrogen-bond donors (Lipinski definition) is 3. The molecular weight excluding hydrogens is 566 g/mol. The first-order chi connectivity index (χ1) is 20.7. The molecule has 0 saturated carbocycles. The van der Waals surface area contributed by atoms with Gasteiger partial charge in [-0.15, -0.1) is 0 Å². The van der Waals surface area contributed by atoms with Gasteiger partial charge in [0.15, 0.2) is 0 Å². The van der Waals surface area contributed by atoms with Crippen LogP contribution in [-0.4, -0.2) is 58.2 Å². The summed E-state index contributed by atoms with van der Waals surface area (Å²) in [5.74, 6) is -0.540. The summed E-state index contributed by atoms with van der Waals surface area (Å²) in [6.07, 6.45) is -0.829. The molecular formula is C33H35N3O6S.